The fraction of sp³-hybridized carbons (Fsp3) is 0.938. The van der Waals surface area contributed by atoms with Gasteiger partial charge in [-0.25, -0.2) is 0 Å². The van der Waals surface area contributed by atoms with Crippen LogP contribution in [0.15, 0.2) is 0 Å². The summed E-state index contributed by atoms with van der Waals surface area (Å²) in [6.45, 7) is 11.0. The third kappa shape index (κ3) is 2.10. The molecule has 3 rings (SSSR count). The van der Waals surface area contributed by atoms with Crippen LogP contribution in [0.2, 0.25) is 0 Å². The summed E-state index contributed by atoms with van der Waals surface area (Å²) in [5, 5.41) is 3.53. The lowest BCUT2D eigenvalue weighted by atomic mass is 10.0. The van der Waals surface area contributed by atoms with Crippen molar-refractivity contribution in [2.75, 3.05) is 13.1 Å². The molecule has 0 bridgehead atoms. The first-order chi connectivity index (χ1) is 8.85. The molecule has 1 atom stereocenters. The molecule has 1 heterocycles. The molecule has 3 heteroatoms. The van der Waals surface area contributed by atoms with Crippen LogP contribution < -0.4 is 5.32 Å². The highest BCUT2D eigenvalue weighted by Gasteiger charge is 2.69. The van der Waals surface area contributed by atoms with E-state index in [-0.39, 0.29) is 16.7 Å². The Bertz CT molecular complexity index is 364. The number of carbonyl (C=O) groups is 1. The van der Waals surface area contributed by atoms with Crippen molar-refractivity contribution < 1.29 is 4.79 Å². The summed E-state index contributed by atoms with van der Waals surface area (Å²) in [6, 6.07) is 1.08. The van der Waals surface area contributed by atoms with Crippen molar-refractivity contribution in [3.63, 3.8) is 0 Å². The third-order valence-electron chi connectivity index (χ3n) is 6.12. The van der Waals surface area contributed by atoms with E-state index in [2.05, 4.69) is 37.9 Å². The van der Waals surface area contributed by atoms with E-state index in [9.17, 15) is 4.79 Å². The number of hydrogen-bond acceptors (Lipinski definition) is 2. The minimum absolute atomic E-state index is 0.167. The topological polar surface area (TPSA) is 32.3 Å². The minimum atomic E-state index is 0.167. The van der Waals surface area contributed by atoms with Crippen molar-refractivity contribution >= 4 is 5.91 Å². The minimum Gasteiger partial charge on any atom is -0.338 e. The zero-order chi connectivity index (χ0) is 13.8. The second kappa shape index (κ2) is 4.21. The van der Waals surface area contributed by atoms with E-state index >= 15 is 0 Å². The van der Waals surface area contributed by atoms with Crippen LogP contribution in [0.3, 0.4) is 0 Å². The van der Waals surface area contributed by atoms with Crippen LogP contribution in [0.25, 0.3) is 0 Å². The number of rotatable bonds is 4. The first-order valence-corrected chi connectivity index (χ1v) is 7.89. The summed E-state index contributed by atoms with van der Waals surface area (Å²) in [5.41, 5.74) is 0.334. The van der Waals surface area contributed by atoms with Crippen molar-refractivity contribution in [2.24, 2.45) is 16.7 Å². The highest BCUT2D eigenvalue weighted by Crippen LogP contribution is 2.69. The summed E-state index contributed by atoms with van der Waals surface area (Å²) in [6.07, 6.45) is 4.92. The van der Waals surface area contributed by atoms with Gasteiger partial charge in [0.1, 0.15) is 0 Å². The predicted molar refractivity (Wildman–Crippen MR) is 76.8 cm³/mol. The molecule has 1 saturated heterocycles. The Morgan fingerprint density at radius 2 is 1.79 bits per heavy atom. The maximum Gasteiger partial charge on any atom is 0.227 e. The molecule has 0 spiro atoms. The van der Waals surface area contributed by atoms with Crippen LogP contribution >= 0.6 is 0 Å². The molecular weight excluding hydrogens is 236 g/mol. The van der Waals surface area contributed by atoms with Crippen molar-refractivity contribution in [2.45, 2.75) is 65.5 Å². The van der Waals surface area contributed by atoms with E-state index in [1.807, 2.05) is 0 Å². The normalized spacial score (nSPS) is 32.3. The molecule has 2 aliphatic carbocycles. The molecule has 0 radical (unpaired) electrons. The van der Waals surface area contributed by atoms with Crippen LogP contribution in [0.1, 0.15) is 53.4 Å². The maximum absolute atomic E-state index is 12.9. The smallest absolute Gasteiger partial charge is 0.227 e. The van der Waals surface area contributed by atoms with Crippen LogP contribution in [-0.2, 0) is 4.79 Å². The van der Waals surface area contributed by atoms with Gasteiger partial charge in [-0.2, -0.15) is 0 Å². The number of carbonyl (C=O) groups excluding carboxylic acids is 1. The Morgan fingerprint density at radius 1 is 1.16 bits per heavy atom. The predicted octanol–water partition coefficient (Wildman–Crippen LogP) is 2.41. The van der Waals surface area contributed by atoms with E-state index in [0.29, 0.717) is 18.0 Å². The van der Waals surface area contributed by atoms with Gasteiger partial charge in [0.2, 0.25) is 5.91 Å². The molecule has 108 valence electrons. The molecule has 2 saturated carbocycles. The zero-order valence-corrected chi connectivity index (χ0v) is 12.8. The van der Waals surface area contributed by atoms with Crippen molar-refractivity contribution in [3.8, 4) is 0 Å². The van der Waals surface area contributed by atoms with Crippen molar-refractivity contribution in [1.82, 2.24) is 10.2 Å². The molecule has 19 heavy (non-hydrogen) atoms. The molecule has 0 aromatic heterocycles. The van der Waals surface area contributed by atoms with Gasteiger partial charge in [0.15, 0.2) is 0 Å². The lowest BCUT2D eigenvalue weighted by Gasteiger charge is -2.27. The molecular formula is C16H28N2O. The Balaban J connectivity index is 1.69. The second-order valence-electron chi connectivity index (χ2n) is 7.89. The largest absolute Gasteiger partial charge is 0.338 e. The molecule has 3 aliphatic rings. The molecule has 1 N–H and O–H groups in total. The summed E-state index contributed by atoms with van der Waals surface area (Å²) >= 11 is 0. The standard InChI is InChI=1S/C16H28N2O/c1-15(2)13(16(15,3)4)14(19)18(12-7-8-12)10-11-6-5-9-17-11/h11-13,17H,5-10H2,1-4H3. The molecule has 0 aromatic carbocycles. The lowest BCUT2D eigenvalue weighted by molar-refractivity contribution is -0.134. The van der Waals surface area contributed by atoms with Gasteiger partial charge in [-0.15, -0.1) is 0 Å². The molecule has 1 unspecified atom stereocenters. The monoisotopic (exact) mass is 264 g/mol. The van der Waals surface area contributed by atoms with E-state index < -0.39 is 0 Å². The molecule has 1 aliphatic heterocycles. The Kier molecular flexibility index (Phi) is 2.97. The van der Waals surface area contributed by atoms with Crippen LogP contribution in [-0.4, -0.2) is 36.0 Å². The van der Waals surface area contributed by atoms with E-state index in [1.54, 1.807) is 0 Å². The van der Waals surface area contributed by atoms with E-state index in [4.69, 9.17) is 0 Å². The maximum atomic E-state index is 12.9. The number of nitrogens with zero attached hydrogens (tertiary/aromatic N) is 1. The average Bonchev–Trinajstić information content (AvgIpc) is 3.12. The molecule has 1 amide bonds. The SMILES string of the molecule is CC1(C)C(C(=O)N(CC2CCCN2)C2CC2)C1(C)C. The molecule has 3 fully saturated rings. The Hall–Kier alpha value is -0.570. The fourth-order valence-corrected chi connectivity index (χ4v) is 3.93. The van der Waals surface area contributed by atoms with Crippen LogP contribution in [0.5, 0.6) is 0 Å². The summed E-state index contributed by atoms with van der Waals surface area (Å²) in [4.78, 5) is 15.1. The van der Waals surface area contributed by atoms with Gasteiger partial charge < -0.3 is 10.2 Å². The summed E-state index contributed by atoms with van der Waals surface area (Å²) in [7, 11) is 0. The number of amides is 1. The highest BCUT2D eigenvalue weighted by atomic mass is 16.2. The van der Waals surface area contributed by atoms with Crippen molar-refractivity contribution in [1.29, 1.82) is 0 Å². The van der Waals surface area contributed by atoms with Gasteiger partial charge in [0.05, 0.1) is 0 Å². The lowest BCUT2D eigenvalue weighted by Crippen LogP contribution is -2.43. The van der Waals surface area contributed by atoms with Crippen LogP contribution in [0.4, 0.5) is 0 Å². The first-order valence-electron chi connectivity index (χ1n) is 7.89. The first kappa shape index (κ1) is 13.4. The third-order valence-corrected chi connectivity index (χ3v) is 6.12. The zero-order valence-electron chi connectivity index (χ0n) is 12.8. The van der Waals surface area contributed by atoms with Gasteiger partial charge in [0, 0.05) is 24.5 Å². The van der Waals surface area contributed by atoms with Gasteiger partial charge in [-0.1, -0.05) is 27.7 Å². The molecule has 0 aromatic rings. The highest BCUT2D eigenvalue weighted by molar-refractivity contribution is 5.84. The fourth-order valence-electron chi connectivity index (χ4n) is 3.93. The van der Waals surface area contributed by atoms with E-state index in [1.165, 1.54) is 25.7 Å². The Labute approximate surface area is 117 Å². The van der Waals surface area contributed by atoms with Gasteiger partial charge >= 0.3 is 0 Å². The van der Waals surface area contributed by atoms with Crippen LogP contribution in [0, 0.1) is 16.7 Å². The van der Waals surface area contributed by atoms with Gasteiger partial charge in [-0.05, 0) is 43.1 Å². The quantitative estimate of drug-likeness (QED) is 0.845. The summed E-state index contributed by atoms with van der Waals surface area (Å²) < 4.78 is 0. The van der Waals surface area contributed by atoms with Crippen molar-refractivity contribution in [3.05, 3.63) is 0 Å². The summed E-state index contributed by atoms with van der Waals surface area (Å²) in [5.74, 6) is 0.646. The Morgan fingerprint density at radius 3 is 2.21 bits per heavy atom. The van der Waals surface area contributed by atoms with Gasteiger partial charge in [0.25, 0.3) is 0 Å². The van der Waals surface area contributed by atoms with E-state index in [0.717, 1.165) is 13.1 Å². The molecule has 3 nitrogen and oxygen atoms in total. The second-order valence-corrected chi connectivity index (χ2v) is 7.89. The van der Waals surface area contributed by atoms with Gasteiger partial charge in [-0.3, -0.25) is 4.79 Å². The number of hydrogen-bond donors (Lipinski definition) is 1. The average molecular weight is 264 g/mol. The number of nitrogens with one attached hydrogen (secondary N) is 1.